The number of fused-ring (bicyclic) bond motifs is 4. The average molecular weight is 484 g/mol. The lowest BCUT2D eigenvalue weighted by Gasteiger charge is -2.38. The first-order chi connectivity index (χ1) is 14.8. The standard InChI is InChI=1S/C22H26BrN7O/c1-5-13(16-11-25-18-17(26-16)19(31)30(4)21(24)29(18)3)22-8-9-28(2)20(22)27-15-10-12(23)6-7-14(15)22/h6-7,10-11,13,20,24,27H,5,8-9H2,1-4H3. The molecule has 0 aliphatic carbocycles. The van der Waals surface area contributed by atoms with Crippen molar-refractivity contribution in [2.75, 3.05) is 18.9 Å². The van der Waals surface area contributed by atoms with Crippen LogP contribution < -0.4 is 16.5 Å². The fourth-order valence-electron chi connectivity index (χ4n) is 5.65. The number of nitrogens with zero attached hydrogens (tertiary/aromatic N) is 5. The fourth-order valence-corrected chi connectivity index (χ4v) is 6.01. The van der Waals surface area contributed by atoms with Gasteiger partial charge in [0, 0.05) is 42.1 Å². The molecule has 31 heavy (non-hydrogen) atoms. The van der Waals surface area contributed by atoms with Crippen molar-refractivity contribution in [3.8, 4) is 0 Å². The van der Waals surface area contributed by atoms with E-state index in [2.05, 4.69) is 63.3 Å². The van der Waals surface area contributed by atoms with Gasteiger partial charge in [-0.05, 0) is 37.6 Å². The zero-order chi connectivity index (χ0) is 22.1. The zero-order valence-corrected chi connectivity index (χ0v) is 19.7. The fraction of sp³-hybridized carbons (Fsp3) is 0.455. The summed E-state index contributed by atoms with van der Waals surface area (Å²) in [4.78, 5) is 24.8. The van der Waals surface area contributed by atoms with Crippen LogP contribution in [0.2, 0.25) is 0 Å². The van der Waals surface area contributed by atoms with E-state index in [0.717, 1.165) is 35.2 Å². The number of nitrogens with one attached hydrogen (secondary N) is 2. The molecule has 4 heterocycles. The van der Waals surface area contributed by atoms with Crippen molar-refractivity contribution >= 4 is 32.8 Å². The second-order valence-corrected chi connectivity index (χ2v) is 9.60. The lowest BCUT2D eigenvalue weighted by Crippen LogP contribution is -2.45. The Kier molecular flexibility index (Phi) is 4.60. The predicted molar refractivity (Wildman–Crippen MR) is 123 cm³/mol. The van der Waals surface area contributed by atoms with Crippen molar-refractivity contribution in [1.29, 1.82) is 5.41 Å². The minimum Gasteiger partial charge on any atom is -0.369 e. The van der Waals surface area contributed by atoms with E-state index in [1.165, 1.54) is 10.1 Å². The Labute approximate surface area is 188 Å². The summed E-state index contributed by atoms with van der Waals surface area (Å²) >= 11 is 3.60. The summed E-state index contributed by atoms with van der Waals surface area (Å²) in [5.41, 5.74) is 3.72. The Balaban J connectivity index is 1.74. The smallest absolute Gasteiger partial charge is 0.282 e. The molecule has 0 spiro atoms. The van der Waals surface area contributed by atoms with Crippen LogP contribution in [0.15, 0.2) is 33.7 Å². The van der Waals surface area contributed by atoms with E-state index in [0.29, 0.717) is 11.2 Å². The van der Waals surface area contributed by atoms with Crippen molar-refractivity contribution in [3.63, 3.8) is 0 Å². The second kappa shape index (κ2) is 7.00. The third-order valence-corrected chi connectivity index (χ3v) is 7.69. The Hall–Kier alpha value is -2.52. The van der Waals surface area contributed by atoms with Gasteiger partial charge in [-0.1, -0.05) is 28.9 Å². The predicted octanol–water partition coefficient (Wildman–Crippen LogP) is 2.43. The normalized spacial score (nSPS) is 23.6. The van der Waals surface area contributed by atoms with Gasteiger partial charge in [-0.15, -0.1) is 0 Å². The Bertz CT molecular complexity index is 1330. The van der Waals surface area contributed by atoms with Crippen LogP contribution in [0.5, 0.6) is 0 Å². The van der Waals surface area contributed by atoms with Crippen LogP contribution in [-0.4, -0.2) is 43.8 Å². The van der Waals surface area contributed by atoms with Crippen LogP contribution in [0.25, 0.3) is 11.2 Å². The molecule has 3 atom stereocenters. The zero-order valence-electron chi connectivity index (χ0n) is 18.1. The van der Waals surface area contributed by atoms with E-state index >= 15 is 0 Å². The second-order valence-electron chi connectivity index (χ2n) is 8.68. The molecular weight excluding hydrogens is 458 g/mol. The van der Waals surface area contributed by atoms with Crippen LogP contribution in [0.3, 0.4) is 0 Å². The van der Waals surface area contributed by atoms with E-state index in [1.807, 2.05) is 0 Å². The molecule has 162 valence electrons. The minimum absolute atomic E-state index is 0.0972. The number of rotatable bonds is 3. The van der Waals surface area contributed by atoms with Gasteiger partial charge in [0.1, 0.15) is 0 Å². The van der Waals surface area contributed by atoms with Crippen molar-refractivity contribution in [1.82, 2.24) is 24.0 Å². The highest BCUT2D eigenvalue weighted by Crippen LogP contribution is 2.56. The van der Waals surface area contributed by atoms with Crippen LogP contribution >= 0.6 is 15.9 Å². The highest BCUT2D eigenvalue weighted by molar-refractivity contribution is 9.10. The van der Waals surface area contributed by atoms with Gasteiger partial charge in [0.05, 0.1) is 18.1 Å². The average Bonchev–Trinajstić information content (AvgIpc) is 3.25. The summed E-state index contributed by atoms with van der Waals surface area (Å²) in [6, 6.07) is 6.47. The topological polar surface area (TPSA) is 91.8 Å². The van der Waals surface area contributed by atoms with E-state index in [4.69, 9.17) is 10.4 Å². The third-order valence-electron chi connectivity index (χ3n) is 7.20. The summed E-state index contributed by atoms with van der Waals surface area (Å²) in [5, 5.41) is 11.9. The number of benzene rings is 1. The maximum absolute atomic E-state index is 12.9. The molecular formula is C22H26BrN7O. The third kappa shape index (κ3) is 2.69. The number of halogens is 1. The van der Waals surface area contributed by atoms with E-state index in [-0.39, 0.29) is 28.7 Å². The molecule has 1 saturated heterocycles. The Morgan fingerprint density at radius 1 is 1.32 bits per heavy atom. The number of hydrogen-bond donors (Lipinski definition) is 2. The number of anilines is 1. The monoisotopic (exact) mass is 483 g/mol. The lowest BCUT2D eigenvalue weighted by molar-refractivity contribution is 0.247. The number of aryl methyl sites for hydroxylation is 1. The summed E-state index contributed by atoms with van der Waals surface area (Å²) in [6.45, 7) is 3.17. The van der Waals surface area contributed by atoms with Gasteiger partial charge in [-0.3, -0.25) is 24.2 Å². The molecule has 5 rings (SSSR count). The highest BCUT2D eigenvalue weighted by Gasteiger charge is 2.57. The summed E-state index contributed by atoms with van der Waals surface area (Å²) in [6.07, 6.45) is 3.85. The van der Waals surface area contributed by atoms with Crippen LogP contribution in [0.4, 0.5) is 5.69 Å². The molecule has 2 aliphatic rings. The van der Waals surface area contributed by atoms with E-state index in [9.17, 15) is 4.79 Å². The number of likely N-dealkylation sites (N-methyl/N-ethyl adjacent to an activating group) is 1. The lowest BCUT2D eigenvalue weighted by atomic mass is 9.67. The molecule has 2 aromatic heterocycles. The number of likely N-dealkylation sites (tertiary alicyclic amines) is 1. The summed E-state index contributed by atoms with van der Waals surface area (Å²) < 4.78 is 3.97. The Morgan fingerprint density at radius 3 is 2.84 bits per heavy atom. The van der Waals surface area contributed by atoms with Gasteiger partial charge in [-0.25, -0.2) is 9.97 Å². The molecule has 0 amide bonds. The molecule has 0 radical (unpaired) electrons. The first kappa shape index (κ1) is 20.4. The first-order valence-corrected chi connectivity index (χ1v) is 11.3. The van der Waals surface area contributed by atoms with Crippen LogP contribution in [-0.2, 0) is 19.5 Å². The van der Waals surface area contributed by atoms with Gasteiger partial charge in [0.2, 0.25) is 5.62 Å². The van der Waals surface area contributed by atoms with Crippen LogP contribution in [0, 0.1) is 5.41 Å². The summed E-state index contributed by atoms with van der Waals surface area (Å²) in [7, 11) is 5.50. The largest absolute Gasteiger partial charge is 0.369 e. The first-order valence-electron chi connectivity index (χ1n) is 10.5. The van der Waals surface area contributed by atoms with Crippen LogP contribution in [0.1, 0.15) is 36.9 Å². The maximum atomic E-state index is 12.9. The molecule has 1 aromatic carbocycles. The molecule has 2 N–H and O–H groups in total. The summed E-state index contributed by atoms with van der Waals surface area (Å²) in [5.74, 6) is 0.0972. The van der Waals surface area contributed by atoms with Gasteiger partial charge in [-0.2, -0.15) is 0 Å². The minimum atomic E-state index is -0.284. The SMILES string of the molecule is CCC(c1cnc2c(n1)c(=O)n(C)c(=N)n2C)C12CCN(C)C1Nc1cc(Br)ccc12. The molecule has 2 aliphatic heterocycles. The molecule has 9 heteroatoms. The van der Waals surface area contributed by atoms with Crippen molar-refractivity contribution in [2.24, 2.45) is 14.1 Å². The van der Waals surface area contributed by atoms with E-state index in [1.54, 1.807) is 24.9 Å². The molecule has 0 bridgehead atoms. The van der Waals surface area contributed by atoms with Gasteiger partial charge in [0.15, 0.2) is 11.2 Å². The van der Waals surface area contributed by atoms with E-state index < -0.39 is 0 Å². The highest BCUT2D eigenvalue weighted by atomic mass is 79.9. The van der Waals surface area contributed by atoms with Gasteiger partial charge in [0.25, 0.3) is 5.56 Å². The van der Waals surface area contributed by atoms with Gasteiger partial charge >= 0.3 is 0 Å². The van der Waals surface area contributed by atoms with Crippen molar-refractivity contribution < 1.29 is 0 Å². The molecule has 1 fully saturated rings. The molecule has 3 unspecified atom stereocenters. The Morgan fingerprint density at radius 2 is 2.10 bits per heavy atom. The molecule has 0 saturated carbocycles. The van der Waals surface area contributed by atoms with Crippen molar-refractivity contribution in [2.45, 2.75) is 37.3 Å². The quantitative estimate of drug-likeness (QED) is 0.596. The number of aromatic nitrogens is 4. The van der Waals surface area contributed by atoms with Crippen molar-refractivity contribution in [3.05, 3.63) is 56.1 Å². The number of hydrogen-bond acceptors (Lipinski definition) is 6. The molecule has 8 nitrogen and oxygen atoms in total. The molecule has 3 aromatic rings. The maximum Gasteiger partial charge on any atom is 0.282 e. The van der Waals surface area contributed by atoms with Gasteiger partial charge < -0.3 is 5.32 Å².